The number of halogens is 1. The summed E-state index contributed by atoms with van der Waals surface area (Å²) < 4.78 is 0. The lowest BCUT2D eigenvalue weighted by atomic mass is 9.83. The molecule has 0 radical (unpaired) electrons. The number of para-hydroxylation sites is 1. The average molecular weight is 264 g/mol. The van der Waals surface area contributed by atoms with Crippen LogP contribution < -0.4 is 4.90 Å². The SMILES string of the molecule is CCN1/C(=C/C(=O)CCl)C(C)(C)c2ccccc21. The largest absolute Gasteiger partial charge is 0.344 e. The van der Waals surface area contributed by atoms with Crippen molar-refractivity contribution in [2.75, 3.05) is 17.3 Å². The quantitative estimate of drug-likeness (QED) is 0.615. The number of hydrogen-bond acceptors (Lipinski definition) is 2. The first-order valence-electron chi connectivity index (χ1n) is 6.20. The summed E-state index contributed by atoms with van der Waals surface area (Å²) in [5.41, 5.74) is 3.35. The van der Waals surface area contributed by atoms with Crippen LogP contribution in [0.15, 0.2) is 36.0 Å². The highest BCUT2D eigenvalue weighted by Crippen LogP contribution is 2.47. The molecule has 0 bridgehead atoms. The summed E-state index contributed by atoms with van der Waals surface area (Å²) in [5.74, 6) is -0.000915. The Hall–Kier alpha value is -1.28. The minimum absolute atomic E-state index is 0.0352. The molecule has 1 aliphatic rings. The second-order valence-electron chi connectivity index (χ2n) is 5.02. The van der Waals surface area contributed by atoms with Crippen LogP contribution in [0.3, 0.4) is 0 Å². The maximum Gasteiger partial charge on any atom is 0.172 e. The van der Waals surface area contributed by atoms with Gasteiger partial charge in [0.2, 0.25) is 0 Å². The van der Waals surface area contributed by atoms with Crippen molar-refractivity contribution in [1.29, 1.82) is 0 Å². The van der Waals surface area contributed by atoms with E-state index in [1.165, 1.54) is 11.3 Å². The van der Waals surface area contributed by atoms with Crippen LogP contribution in [0.4, 0.5) is 5.69 Å². The Morgan fingerprint density at radius 2 is 2.06 bits per heavy atom. The fraction of sp³-hybridized carbons (Fsp3) is 0.400. The van der Waals surface area contributed by atoms with E-state index < -0.39 is 0 Å². The van der Waals surface area contributed by atoms with Crippen LogP contribution in [0.2, 0.25) is 0 Å². The first-order chi connectivity index (χ1) is 8.52. The standard InChI is InChI=1S/C15H18ClNO/c1-4-17-13-8-6-5-7-12(13)15(2,3)14(17)9-11(18)10-16/h5-9H,4,10H2,1-3H3/b14-9+. The van der Waals surface area contributed by atoms with Crippen molar-refractivity contribution < 1.29 is 4.79 Å². The molecule has 1 aromatic rings. The van der Waals surface area contributed by atoms with Gasteiger partial charge >= 0.3 is 0 Å². The maximum absolute atomic E-state index is 11.6. The number of ketones is 1. The summed E-state index contributed by atoms with van der Waals surface area (Å²) in [5, 5.41) is 0. The van der Waals surface area contributed by atoms with Crippen molar-refractivity contribution in [3.8, 4) is 0 Å². The molecule has 1 aromatic carbocycles. The minimum Gasteiger partial charge on any atom is -0.344 e. The van der Waals surface area contributed by atoms with Crippen molar-refractivity contribution in [1.82, 2.24) is 0 Å². The van der Waals surface area contributed by atoms with Gasteiger partial charge in [0.05, 0.1) is 5.88 Å². The number of benzene rings is 1. The van der Waals surface area contributed by atoms with Crippen molar-refractivity contribution in [2.45, 2.75) is 26.2 Å². The molecule has 0 unspecified atom stereocenters. The number of allylic oxidation sites excluding steroid dienone is 2. The van der Waals surface area contributed by atoms with E-state index in [1.807, 2.05) is 12.1 Å². The van der Waals surface area contributed by atoms with Crippen LogP contribution in [0.5, 0.6) is 0 Å². The van der Waals surface area contributed by atoms with Gasteiger partial charge in [0.15, 0.2) is 5.78 Å². The fourth-order valence-corrected chi connectivity index (χ4v) is 2.71. The van der Waals surface area contributed by atoms with Gasteiger partial charge in [-0.1, -0.05) is 32.0 Å². The third-order valence-corrected chi connectivity index (χ3v) is 3.81. The summed E-state index contributed by atoms with van der Waals surface area (Å²) >= 11 is 5.61. The molecule has 2 nitrogen and oxygen atoms in total. The Labute approximate surface area is 113 Å². The van der Waals surface area contributed by atoms with E-state index in [9.17, 15) is 4.79 Å². The molecule has 96 valence electrons. The smallest absolute Gasteiger partial charge is 0.172 e. The summed E-state index contributed by atoms with van der Waals surface area (Å²) in [6, 6.07) is 8.31. The van der Waals surface area contributed by atoms with Gasteiger partial charge in [-0.05, 0) is 18.6 Å². The Morgan fingerprint density at radius 1 is 1.39 bits per heavy atom. The van der Waals surface area contributed by atoms with E-state index in [1.54, 1.807) is 6.08 Å². The van der Waals surface area contributed by atoms with Crippen molar-refractivity contribution in [3.63, 3.8) is 0 Å². The molecule has 0 aliphatic carbocycles. The third-order valence-electron chi connectivity index (χ3n) is 3.54. The number of carbonyl (C=O) groups is 1. The molecule has 1 aliphatic heterocycles. The lowest BCUT2D eigenvalue weighted by molar-refractivity contribution is -0.112. The topological polar surface area (TPSA) is 20.3 Å². The van der Waals surface area contributed by atoms with Crippen LogP contribution in [-0.2, 0) is 10.2 Å². The molecule has 0 aromatic heterocycles. The molecule has 0 spiro atoms. The zero-order valence-corrected chi connectivity index (χ0v) is 11.8. The predicted molar refractivity (Wildman–Crippen MR) is 76.3 cm³/mol. The van der Waals surface area contributed by atoms with Gasteiger partial charge in [0.25, 0.3) is 0 Å². The number of likely N-dealkylation sites (N-methyl/N-ethyl adjacent to an activating group) is 1. The number of hydrogen-bond donors (Lipinski definition) is 0. The molecule has 3 heteroatoms. The molecule has 0 saturated heterocycles. The summed E-state index contributed by atoms with van der Waals surface area (Å²) in [4.78, 5) is 13.8. The number of alkyl halides is 1. The van der Waals surface area contributed by atoms with E-state index in [2.05, 4.69) is 37.8 Å². The molecular weight excluding hydrogens is 246 g/mol. The van der Waals surface area contributed by atoms with Gasteiger partial charge in [0.1, 0.15) is 0 Å². The average Bonchev–Trinajstić information content (AvgIpc) is 2.58. The van der Waals surface area contributed by atoms with Crippen LogP contribution >= 0.6 is 11.6 Å². The van der Waals surface area contributed by atoms with Gasteiger partial charge in [-0.2, -0.15) is 0 Å². The van der Waals surface area contributed by atoms with Crippen LogP contribution in [0, 0.1) is 0 Å². The van der Waals surface area contributed by atoms with Crippen molar-refractivity contribution in [3.05, 3.63) is 41.6 Å². The predicted octanol–water partition coefficient (Wildman–Crippen LogP) is 3.50. The van der Waals surface area contributed by atoms with Crippen molar-refractivity contribution >= 4 is 23.1 Å². The number of carbonyl (C=O) groups excluding carboxylic acids is 1. The second-order valence-corrected chi connectivity index (χ2v) is 5.28. The number of rotatable bonds is 3. The van der Waals surface area contributed by atoms with E-state index in [4.69, 9.17) is 11.6 Å². The highest BCUT2D eigenvalue weighted by Gasteiger charge is 2.39. The van der Waals surface area contributed by atoms with Crippen molar-refractivity contribution in [2.24, 2.45) is 0 Å². The molecule has 18 heavy (non-hydrogen) atoms. The highest BCUT2D eigenvalue weighted by molar-refractivity contribution is 6.29. The van der Waals surface area contributed by atoms with Gasteiger partial charge in [0, 0.05) is 29.4 Å². The maximum atomic E-state index is 11.6. The van der Waals surface area contributed by atoms with Crippen LogP contribution in [0.1, 0.15) is 26.3 Å². The molecule has 0 atom stereocenters. The molecule has 0 amide bonds. The van der Waals surface area contributed by atoms with E-state index in [0.717, 1.165) is 12.2 Å². The van der Waals surface area contributed by atoms with Gasteiger partial charge < -0.3 is 4.90 Å². The number of fused-ring (bicyclic) bond motifs is 1. The number of nitrogens with zero attached hydrogens (tertiary/aromatic N) is 1. The lowest BCUT2D eigenvalue weighted by Crippen LogP contribution is -2.27. The Bertz CT molecular complexity index is 505. The van der Waals surface area contributed by atoms with E-state index in [-0.39, 0.29) is 17.1 Å². The Morgan fingerprint density at radius 3 is 2.67 bits per heavy atom. The normalized spacial score (nSPS) is 19.1. The zero-order chi connectivity index (χ0) is 13.3. The monoisotopic (exact) mass is 263 g/mol. The second kappa shape index (κ2) is 4.77. The zero-order valence-electron chi connectivity index (χ0n) is 11.0. The van der Waals surface area contributed by atoms with E-state index >= 15 is 0 Å². The number of anilines is 1. The molecule has 0 fully saturated rings. The Kier molecular flexibility index (Phi) is 3.49. The first-order valence-corrected chi connectivity index (χ1v) is 6.73. The molecular formula is C15H18ClNO. The third kappa shape index (κ3) is 1.95. The molecule has 0 N–H and O–H groups in total. The van der Waals surface area contributed by atoms with Gasteiger partial charge in [-0.3, -0.25) is 4.79 Å². The first kappa shape index (κ1) is 13.2. The summed E-state index contributed by atoms with van der Waals surface area (Å²) in [7, 11) is 0. The summed E-state index contributed by atoms with van der Waals surface area (Å²) in [6.07, 6.45) is 1.69. The van der Waals surface area contributed by atoms with Gasteiger partial charge in [-0.25, -0.2) is 0 Å². The van der Waals surface area contributed by atoms with Crippen LogP contribution in [0.25, 0.3) is 0 Å². The molecule has 2 rings (SSSR count). The van der Waals surface area contributed by atoms with E-state index in [0.29, 0.717) is 0 Å². The Balaban J connectivity index is 2.57. The highest BCUT2D eigenvalue weighted by atomic mass is 35.5. The van der Waals surface area contributed by atoms with Gasteiger partial charge in [-0.15, -0.1) is 11.6 Å². The lowest BCUT2D eigenvalue weighted by Gasteiger charge is -2.25. The molecule has 1 heterocycles. The summed E-state index contributed by atoms with van der Waals surface area (Å²) in [6.45, 7) is 7.24. The fourth-order valence-electron chi connectivity index (χ4n) is 2.63. The van der Waals surface area contributed by atoms with Crippen LogP contribution in [-0.4, -0.2) is 18.2 Å². The minimum atomic E-state index is -0.145. The molecule has 0 saturated carbocycles.